The molecule has 0 saturated carbocycles. The Labute approximate surface area is 109 Å². The molecule has 6 heteroatoms. The molecule has 1 atom stereocenters. The summed E-state index contributed by atoms with van der Waals surface area (Å²) in [5.74, 6) is 0.160. The van der Waals surface area contributed by atoms with Crippen molar-refractivity contribution in [3.05, 3.63) is 28.7 Å². The molecule has 1 aliphatic rings. The van der Waals surface area contributed by atoms with Crippen molar-refractivity contribution in [2.45, 2.75) is 6.42 Å². The summed E-state index contributed by atoms with van der Waals surface area (Å²) in [4.78, 5) is 30.5. The molecule has 1 saturated heterocycles. The third-order valence-electron chi connectivity index (χ3n) is 3.63. The molecule has 6 nitrogen and oxygen atoms in total. The first-order valence-electron chi connectivity index (χ1n) is 6.35. The Balaban J connectivity index is 1.89. The van der Waals surface area contributed by atoms with E-state index >= 15 is 0 Å². The van der Waals surface area contributed by atoms with Crippen LogP contribution >= 0.6 is 0 Å². The van der Waals surface area contributed by atoms with Crippen molar-refractivity contribution in [2.24, 2.45) is 5.92 Å². The van der Waals surface area contributed by atoms with Crippen molar-refractivity contribution < 1.29 is 4.79 Å². The predicted octanol–water partition coefficient (Wildman–Crippen LogP) is 0.429. The molecule has 0 aliphatic carbocycles. The van der Waals surface area contributed by atoms with Gasteiger partial charge in [-0.3, -0.25) is 4.79 Å². The molecule has 0 radical (unpaired) electrons. The number of carbonyl (C=O) groups excluding carboxylic acids is 1. The highest BCUT2D eigenvalue weighted by Crippen LogP contribution is 2.21. The molecule has 2 heterocycles. The number of aromatic amines is 2. The highest BCUT2D eigenvalue weighted by Gasteiger charge is 2.26. The van der Waals surface area contributed by atoms with E-state index in [2.05, 4.69) is 15.3 Å². The van der Waals surface area contributed by atoms with Crippen LogP contribution in [0.15, 0.2) is 23.0 Å². The van der Waals surface area contributed by atoms with E-state index in [9.17, 15) is 9.59 Å². The molecular formula is C13H16N4O2. The lowest BCUT2D eigenvalue weighted by atomic mass is 10.1. The molecule has 100 valence electrons. The maximum Gasteiger partial charge on any atom is 0.323 e. The average molecular weight is 260 g/mol. The number of aromatic nitrogens is 2. The van der Waals surface area contributed by atoms with Crippen molar-refractivity contribution in [1.82, 2.24) is 15.3 Å². The zero-order valence-corrected chi connectivity index (χ0v) is 10.7. The van der Waals surface area contributed by atoms with Crippen LogP contribution in [0.4, 0.5) is 5.69 Å². The lowest BCUT2D eigenvalue weighted by Gasteiger charge is -2.20. The molecule has 2 aromatic rings. The van der Waals surface area contributed by atoms with Gasteiger partial charge < -0.3 is 20.2 Å². The predicted molar refractivity (Wildman–Crippen MR) is 73.3 cm³/mol. The van der Waals surface area contributed by atoms with Gasteiger partial charge in [0.25, 0.3) is 0 Å². The minimum Gasteiger partial charge on any atom is -0.316 e. The Morgan fingerprint density at radius 2 is 2.11 bits per heavy atom. The van der Waals surface area contributed by atoms with Crippen LogP contribution in [-0.4, -0.2) is 36.0 Å². The first-order chi connectivity index (χ1) is 9.15. The number of anilines is 1. The van der Waals surface area contributed by atoms with E-state index in [1.807, 2.05) is 12.1 Å². The van der Waals surface area contributed by atoms with E-state index in [1.54, 1.807) is 18.0 Å². The van der Waals surface area contributed by atoms with Crippen LogP contribution in [-0.2, 0) is 4.79 Å². The van der Waals surface area contributed by atoms with E-state index in [0.29, 0.717) is 5.52 Å². The number of hydrogen-bond donors (Lipinski definition) is 3. The number of nitrogens with one attached hydrogen (secondary N) is 3. The van der Waals surface area contributed by atoms with Gasteiger partial charge in [-0.05, 0) is 31.2 Å². The van der Waals surface area contributed by atoms with Gasteiger partial charge in [-0.2, -0.15) is 0 Å². The fraction of sp³-hybridized carbons (Fsp3) is 0.385. The number of imidazole rings is 1. The second-order valence-electron chi connectivity index (χ2n) is 4.90. The molecule has 0 bridgehead atoms. The van der Waals surface area contributed by atoms with Gasteiger partial charge in [-0.25, -0.2) is 4.79 Å². The molecule has 1 fully saturated rings. The maximum absolute atomic E-state index is 12.3. The molecule has 1 unspecified atom stereocenters. The molecule has 1 aliphatic heterocycles. The molecule has 1 aromatic carbocycles. The molecule has 19 heavy (non-hydrogen) atoms. The summed E-state index contributed by atoms with van der Waals surface area (Å²) in [5, 5.41) is 3.19. The van der Waals surface area contributed by atoms with Crippen LogP contribution < -0.4 is 15.9 Å². The largest absolute Gasteiger partial charge is 0.323 e. The lowest BCUT2D eigenvalue weighted by Crippen LogP contribution is -2.33. The van der Waals surface area contributed by atoms with E-state index in [1.165, 1.54) is 0 Å². The van der Waals surface area contributed by atoms with E-state index in [4.69, 9.17) is 0 Å². The second kappa shape index (κ2) is 4.55. The maximum atomic E-state index is 12.3. The Morgan fingerprint density at radius 3 is 2.84 bits per heavy atom. The summed E-state index contributed by atoms with van der Waals surface area (Å²) < 4.78 is 0. The highest BCUT2D eigenvalue weighted by molar-refractivity contribution is 5.96. The number of amides is 1. The number of carbonyl (C=O) groups is 1. The van der Waals surface area contributed by atoms with Gasteiger partial charge in [-0.1, -0.05) is 0 Å². The topological polar surface area (TPSA) is 81.0 Å². The highest BCUT2D eigenvalue weighted by atomic mass is 16.2. The fourth-order valence-electron chi connectivity index (χ4n) is 2.50. The third-order valence-corrected chi connectivity index (χ3v) is 3.63. The van der Waals surface area contributed by atoms with Crippen molar-refractivity contribution in [3.8, 4) is 0 Å². The Kier molecular flexibility index (Phi) is 2.87. The van der Waals surface area contributed by atoms with Crippen LogP contribution in [0.5, 0.6) is 0 Å². The van der Waals surface area contributed by atoms with E-state index < -0.39 is 0 Å². The van der Waals surface area contributed by atoms with Crippen molar-refractivity contribution >= 4 is 22.6 Å². The molecule has 3 N–H and O–H groups in total. The van der Waals surface area contributed by atoms with Crippen molar-refractivity contribution in [2.75, 3.05) is 25.0 Å². The van der Waals surface area contributed by atoms with Crippen molar-refractivity contribution in [3.63, 3.8) is 0 Å². The quantitative estimate of drug-likeness (QED) is 0.732. The zero-order chi connectivity index (χ0) is 13.4. The summed E-state index contributed by atoms with van der Waals surface area (Å²) in [7, 11) is 1.77. The monoisotopic (exact) mass is 260 g/mol. The SMILES string of the molecule is CN(C(=O)C1CCNC1)c1ccc2[nH]c(=O)[nH]c2c1. The minimum absolute atomic E-state index is 0.0472. The normalized spacial score (nSPS) is 18.9. The molecule has 0 spiro atoms. The van der Waals surface area contributed by atoms with E-state index in [0.717, 1.165) is 30.7 Å². The average Bonchev–Trinajstić information content (AvgIpc) is 3.03. The summed E-state index contributed by atoms with van der Waals surface area (Å²) in [5.41, 5.74) is 2.02. The number of hydrogen-bond acceptors (Lipinski definition) is 3. The summed E-state index contributed by atoms with van der Waals surface area (Å²) in [6, 6.07) is 5.46. The summed E-state index contributed by atoms with van der Waals surface area (Å²) in [6.45, 7) is 1.64. The number of H-pyrrole nitrogens is 2. The molecular weight excluding hydrogens is 244 g/mol. The van der Waals surface area contributed by atoms with Gasteiger partial charge in [-0.15, -0.1) is 0 Å². The number of nitrogens with zero attached hydrogens (tertiary/aromatic N) is 1. The van der Waals surface area contributed by atoms with Crippen LogP contribution in [0.1, 0.15) is 6.42 Å². The Bertz CT molecular complexity index is 667. The first-order valence-corrected chi connectivity index (χ1v) is 6.35. The molecule has 1 aromatic heterocycles. The van der Waals surface area contributed by atoms with Gasteiger partial charge in [0, 0.05) is 19.3 Å². The standard InChI is InChI=1S/C13H16N4O2/c1-17(12(18)8-4-5-14-7-8)9-2-3-10-11(6-9)16-13(19)15-10/h2-3,6,8,14H,4-5,7H2,1H3,(H2,15,16,19). The Hall–Kier alpha value is -2.08. The second-order valence-corrected chi connectivity index (χ2v) is 4.90. The van der Waals surface area contributed by atoms with Gasteiger partial charge in [0.05, 0.1) is 17.0 Å². The fourth-order valence-corrected chi connectivity index (χ4v) is 2.50. The van der Waals surface area contributed by atoms with Gasteiger partial charge in [0.1, 0.15) is 0 Å². The van der Waals surface area contributed by atoms with Crippen molar-refractivity contribution in [1.29, 1.82) is 0 Å². The number of benzene rings is 1. The molecule has 3 rings (SSSR count). The Morgan fingerprint density at radius 1 is 1.32 bits per heavy atom. The van der Waals surface area contributed by atoms with Gasteiger partial charge in [0.15, 0.2) is 0 Å². The van der Waals surface area contributed by atoms with Gasteiger partial charge >= 0.3 is 5.69 Å². The van der Waals surface area contributed by atoms with Crippen LogP contribution in [0, 0.1) is 5.92 Å². The number of rotatable bonds is 2. The van der Waals surface area contributed by atoms with Crippen LogP contribution in [0.2, 0.25) is 0 Å². The van der Waals surface area contributed by atoms with Gasteiger partial charge in [0.2, 0.25) is 5.91 Å². The zero-order valence-electron chi connectivity index (χ0n) is 10.7. The van der Waals surface area contributed by atoms with Crippen LogP contribution in [0.25, 0.3) is 11.0 Å². The van der Waals surface area contributed by atoms with Crippen LogP contribution in [0.3, 0.4) is 0 Å². The first kappa shape index (κ1) is 12.0. The minimum atomic E-state index is -0.235. The summed E-state index contributed by atoms with van der Waals surface area (Å²) >= 11 is 0. The lowest BCUT2D eigenvalue weighted by molar-refractivity contribution is -0.121. The third kappa shape index (κ3) is 2.15. The van der Waals surface area contributed by atoms with E-state index in [-0.39, 0.29) is 17.5 Å². The summed E-state index contributed by atoms with van der Waals surface area (Å²) in [6.07, 6.45) is 0.881. The number of fused-ring (bicyclic) bond motifs is 1. The smallest absolute Gasteiger partial charge is 0.316 e. The molecule has 1 amide bonds.